The predicted molar refractivity (Wildman–Crippen MR) is 110 cm³/mol. The molecular formula is C21H17N3O4S. The second-order valence-electron chi connectivity index (χ2n) is 6.87. The summed E-state index contributed by atoms with van der Waals surface area (Å²) in [5, 5.41) is 3.51. The van der Waals surface area contributed by atoms with Crippen LogP contribution in [-0.4, -0.2) is 22.1 Å². The zero-order chi connectivity index (χ0) is 20.1. The molecule has 1 aromatic carbocycles. The van der Waals surface area contributed by atoms with Gasteiger partial charge in [-0.05, 0) is 49.2 Å². The van der Waals surface area contributed by atoms with Crippen molar-refractivity contribution in [3.63, 3.8) is 0 Å². The number of carbonyl (C=O) groups is 1. The van der Waals surface area contributed by atoms with E-state index in [4.69, 9.17) is 9.47 Å². The highest BCUT2D eigenvalue weighted by atomic mass is 32.1. The van der Waals surface area contributed by atoms with Crippen LogP contribution in [0.25, 0.3) is 15.9 Å². The van der Waals surface area contributed by atoms with Crippen molar-refractivity contribution in [3.8, 4) is 11.5 Å². The summed E-state index contributed by atoms with van der Waals surface area (Å²) < 4.78 is 12.1. The SMILES string of the molecule is Cc1sc2nc3c(C(=O)NCc4ccc5c(c4)OCO5)cccn3c(=O)c2c1C. The van der Waals surface area contributed by atoms with Crippen molar-refractivity contribution < 1.29 is 14.3 Å². The number of amides is 1. The van der Waals surface area contributed by atoms with Crippen LogP contribution >= 0.6 is 11.3 Å². The van der Waals surface area contributed by atoms with E-state index < -0.39 is 0 Å². The highest BCUT2D eigenvalue weighted by molar-refractivity contribution is 7.18. The minimum Gasteiger partial charge on any atom is -0.454 e. The molecule has 7 nitrogen and oxygen atoms in total. The number of aromatic nitrogens is 2. The first-order valence-corrected chi connectivity index (χ1v) is 9.92. The van der Waals surface area contributed by atoms with Gasteiger partial charge in [-0.3, -0.25) is 14.0 Å². The van der Waals surface area contributed by atoms with Crippen molar-refractivity contribution in [2.75, 3.05) is 6.79 Å². The highest BCUT2D eigenvalue weighted by Gasteiger charge is 2.18. The molecule has 4 heterocycles. The zero-order valence-corrected chi connectivity index (χ0v) is 16.6. The molecule has 0 fully saturated rings. The summed E-state index contributed by atoms with van der Waals surface area (Å²) in [5.41, 5.74) is 2.39. The lowest BCUT2D eigenvalue weighted by Gasteiger charge is -2.09. The van der Waals surface area contributed by atoms with Gasteiger partial charge in [-0.15, -0.1) is 11.3 Å². The fourth-order valence-electron chi connectivity index (χ4n) is 3.44. The monoisotopic (exact) mass is 407 g/mol. The van der Waals surface area contributed by atoms with Gasteiger partial charge in [-0.2, -0.15) is 0 Å². The smallest absolute Gasteiger partial charge is 0.266 e. The summed E-state index contributed by atoms with van der Waals surface area (Å²) in [7, 11) is 0. The van der Waals surface area contributed by atoms with Crippen molar-refractivity contribution in [1.82, 2.24) is 14.7 Å². The molecule has 0 spiro atoms. The molecule has 0 saturated carbocycles. The molecule has 8 heteroatoms. The maximum atomic E-state index is 13.0. The largest absolute Gasteiger partial charge is 0.454 e. The summed E-state index contributed by atoms with van der Waals surface area (Å²) >= 11 is 1.47. The van der Waals surface area contributed by atoms with Crippen LogP contribution in [0.4, 0.5) is 0 Å². The van der Waals surface area contributed by atoms with Crippen molar-refractivity contribution in [3.05, 3.63) is 68.4 Å². The molecule has 0 unspecified atom stereocenters. The van der Waals surface area contributed by atoms with Crippen LogP contribution in [0, 0.1) is 13.8 Å². The summed E-state index contributed by atoms with van der Waals surface area (Å²) in [5.74, 6) is 1.07. The second kappa shape index (κ2) is 6.59. The van der Waals surface area contributed by atoms with Crippen LogP contribution in [0.5, 0.6) is 11.5 Å². The minimum atomic E-state index is -0.294. The van der Waals surface area contributed by atoms with Gasteiger partial charge in [0.05, 0.1) is 10.9 Å². The Morgan fingerprint density at radius 2 is 2.07 bits per heavy atom. The fourth-order valence-corrected chi connectivity index (χ4v) is 4.46. The number of pyridine rings is 1. The molecule has 1 amide bonds. The highest BCUT2D eigenvalue weighted by Crippen LogP contribution is 2.32. The quantitative estimate of drug-likeness (QED) is 0.564. The Morgan fingerprint density at radius 1 is 1.24 bits per heavy atom. The van der Waals surface area contributed by atoms with E-state index in [0.717, 1.165) is 16.0 Å². The molecule has 1 aliphatic rings. The standard InChI is InChI=1S/C21H17N3O4S/c1-11-12(2)29-20-17(11)21(26)24-7-3-4-14(18(24)23-20)19(25)22-9-13-5-6-15-16(8-13)28-10-27-15/h3-8H,9-10H2,1-2H3,(H,22,25). The Balaban J connectivity index is 1.50. The topological polar surface area (TPSA) is 81.9 Å². The third-order valence-electron chi connectivity index (χ3n) is 5.11. The number of ether oxygens (including phenoxy) is 2. The predicted octanol–water partition coefficient (Wildman–Crippen LogP) is 3.18. The molecule has 29 heavy (non-hydrogen) atoms. The molecule has 1 N–H and O–H groups in total. The number of rotatable bonds is 3. The molecule has 1 aliphatic heterocycles. The van der Waals surface area contributed by atoms with Gasteiger partial charge >= 0.3 is 0 Å². The van der Waals surface area contributed by atoms with Crippen LogP contribution in [0.1, 0.15) is 26.4 Å². The minimum absolute atomic E-state index is 0.155. The maximum absolute atomic E-state index is 13.0. The molecule has 0 bridgehead atoms. The lowest BCUT2D eigenvalue weighted by atomic mass is 10.2. The van der Waals surface area contributed by atoms with E-state index in [-0.39, 0.29) is 18.3 Å². The average molecular weight is 407 g/mol. The van der Waals surface area contributed by atoms with Gasteiger partial charge in [0, 0.05) is 17.6 Å². The first kappa shape index (κ1) is 17.7. The second-order valence-corrected chi connectivity index (χ2v) is 8.07. The van der Waals surface area contributed by atoms with Gasteiger partial charge in [0.15, 0.2) is 17.1 Å². The van der Waals surface area contributed by atoms with Gasteiger partial charge in [0.1, 0.15) is 4.83 Å². The Labute approximate surface area is 169 Å². The molecule has 0 saturated heterocycles. The number of nitrogens with one attached hydrogen (secondary N) is 1. The molecule has 146 valence electrons. The van der Waals surface area contributed by atoms with E-state index in [2.05, 4.69) is 10.3 Å². The van der Waals surface area contributed by atoms with Crippen LogP contribution in [0.2, 0.25) is 0 Å². The summed E-state index contributed by atoms with van der Waals surface area (Å²) in [6.45, 7) is 4.42. The molecule has 3 aromatic heterocycles. The lowest BCUT2D eigenvalue weighted by molar-refractivity contribution is 0.0952. The lowest BCUT2D eigenvalue weighted by Crippen LogP contribution is -2.25. The van der Waals surface area contributed by atoms with E-state index in [9.17, 15) is 9.59 Å². The van der Waals surface area contributed by atoms with E-state index in [0.29, 0.717) is 39.5 Å². The molecular weight excluding hydrogens is 390 g/mol. The van der Waals surface area contributed by atoms with E-state index in [1.807, 2.05) is 32.0 Å². The van der Waals surface area contributed by atoms with E-state index in [1.165, 1.54) is 15.7 Å². The maximum Gasteiger partial charge on any atom is 0.266 e. The first-order valence-electron chi connectivity index (χ1n) is 9.11. The number of carbonyl (C=O) groups excluding carboxylic acids is 1. The Kier molecular flexibility index (Phi) is 4.02. The Bertz CT molecular complexity index is 1360. The van der Waals surface area contributed by atoms with Crippen LogP contribution in [-0.2, 0) is 6.54 Å². The molecule has 0 atom stereocenters. The number of benzene rings is 1. The van der Waals surface area contributed by atoms with Gasteiger partial charge in [0.2, 0.25) is 6.79 Å². The van der Waals surface area contributed by atoms with Gasteiger partial charge < -0.3 is 14.8 Å². The van der Waals surface area contributed by atoms with E-state index >= 15 is 0 Å². The normalized spacial score (nSPS) is 12.6. The molecule has 4 aromatic rings. The summed E-state index contributed by atoms with van der Waals surface area (Å²) in [6.07, 6.45) is 1.64. The molecule has 0 radical (unpaired) electrons. The third-order valence-corrected chi connectivity index (χ3v) is 6.21. The first-order chi connectivity index (χ1) is 14.0. The van der Waals surface area contributed by atoms with Crippen molar-refractivity contribution >= 4 is 33.1 Å². The molecule has 5 rings (SSSR count). The van der Waals surface area contributed by atoms with Crippen LogP contribution in [0.3, 0.4) is 0 Å². The Morgan fingerprint density at radius 3 is 2.93 bits per heavy atom. The van der Waals surface area contributed by atoms with Crippen LogP contribution < -0.4 is 20.3 Å². The van der Waals surface area contributed by atoms with Gasteiger partial charge in [-0.1, -0.05) is 6.07 Å². The summed E-state index contributed by atoms with van der Waals surface area (Å²) in [4.78, 5) is 32.2. The number of fused-ring (bicyclic) bond motifs is 3. The number of hydrogen-bond acceptors (Lipinski definition) is 6. The average Bonchev–Trinajstić information content (AvgIpc) is 3.30. The number of aryl methyl sites for hydroxylation is 2. The Hall–Kier alpha value is -3.39. The van der Waals surface area contributed by atoms with Crippen molar-refractivity contribution in [1.29, 1.82) is 0 Å². The van der Waals surface area contributed by atoms with Crippen molar-refractivity contribution in [2.45, 2.75) is 20.4 Å². The van der Waals surface area contributed by atoms with Gasteiger partial charge in [0.25, 0.3) is 11.5 Å². The van der Waals surface area contributed by atoms with Crippen LogP contribution in [0.15, 0.2) is 41.3 Å². The fraction of sp³-hybridized carbons (Fsp3) is 0.190. The van der Waals surface area contributed by atoms with Crippen molar-refractivity contribution in [2.24, 2.45) is 0 Å². The number of nitrogens with zero attached hydrogens (tertiary/aromatic N) is 2. The summed E-state index contributed by atoms with van der Waals surface area (Å²) in [6, 6.07) is 8.90. The van der Waals surface area contributed by atoms with Gasteiger partial charge in [-0.25, -0.2) is 4.98 Å². The molecule has 0 aliphatic carbocycles. The zero-order valence-electron chi connectivity index (χ0n) is 15.8. The number of hydrogen-bond donors (Lipinski definition) is 1. The van der Waals surface area contributed by atoms with E-state index in [1.54, 1.807) is 18.3 Å². The number of thiophene rings is 1. The third kappa shape index (κ3) is 2.84.